The smallest absolute Gasteiger partial charge is 0.174 e. The van der Waals surface area contributed by atoms with Gasteiger partial charge >= 0.3 is 0 Å². The molecule has 0 saturated carbocycles. The Balaban J connectivity index is 2.11. The molecule has 0 aliphatic carbocycles. The third-order valence-electron chi connectivity index (χ3n) is 4.08. The average molecular weight is 342 g/mol. The van der Waals surface area contributed by atoms with E-state index in [2.05, 4.69) is 0 Å². The van der Waals surface area contributed by atoms with E-state index in [0.29, 0.717) is 0 Å². The van der Waals surface area contributed by atoms with Crippen LogP contribution in [0.3, 0.4) is 0 Å². The summed E-state index contributed by atoms with van der Waals surface area (Å²) in [7, 11) is 0. The highest BCUT2D eigenvalue weighted by molar-refractivity contribution is 6.03. The summed E-state index contributed by atoms with van der Waals surface area (Å²) >= 11 is 0. The molecule has 0 amide bonds. The molecule has 2 atom stereocenters. The van der Waals surface area contributed by atoms with Crippen molar-refractivity contribution in [3.05, 3.63) is 65.2 Å². The fraction of sp³-hybridized carbons (Fsp3) is 0.211. The van der Waals surface area contributed by atoms with Crippen LogP contribution in [0.4, 0.5) is 0 Å². The Hall–Kier alpha value is -2.83. The second-order valence-corrected chi connectivity index (χ2v) is 5.73. The average Bonchev–Trinajstić information content (AvgIpc) is 2.59. The van der Waals surface area contributed by atoms with Gasteiger partial charge in [-0.05, 0) is 5.56 Å². The van der Waals surface area contributed by atoms with Crippen molar-refractivity contribution in [1.82, 2.24) is 0 Å². The van der Waals surface area contributed by atoms with Crippen LogP contribution >= 0.6 is 0 Å². The van der Waals surface area contributed by atoms with Gasteiger partial charge in [0.15, 0.2) is 5.78 Å². The number of carbonyl (C=O) groups excluding carboxylic acids is 1. The largest absolute Gasteiger partial charge is 0.507 e. The maximum atomic E-state index is 12.5. The molecule has 1 aliphatic rings. The predicted molar refractivity (Wildman–Crippen MR) is 89.7 cm³/mol. The summed E-state index contributed by atoms with van der Waals surface area (Å²) in [4.78, 5) is 12.5. The van der Waals surface area contributed by atoms with Crippen LogP contribution in [0, 0.1) is 0 Å². The molecule has 1 heterocycles. The van der Waals surface area contributed by atoms with Crippen LogP contribution in [0.5, 0.6) is 17.2 Å². The van der Waals surface area contributed by atoms with E-state index < -0.39 is 23.7 Å². The van der Waals surface area contributed by atoms with Crippen LogP contribution in [0.15, 0.2) is 48.6 Å². The lowest BCUT2D eigenvalue weighted by Gasteiger charge is -2.29. The first-order chi connectivity index (χ1) is 12.0. The summed E-state index contributed by atoms with van der Waals surface area (Å²) < 4.78 is 5.89. The topological polar surface area (TPSA) is 107 Å². The third kappa shape index (κ3) is 3.22. The summed E-state index contributed by atoms with van der Waals surface area (Å²) in [6.07, 6.45) is 0.728. The molecular formula is C19H18O6. The lowest BCUT2D eigenvalue weighted by atomic mass is 9.91. The molecule has 0 spiro atoms. The molecule has 2 unspecified atom stereocenters. The number of benzene rings is 2. The maximum Gasteiger partial charge on any atom is 0.174 e. The molecule has 25 heavy (non-hydrogen) atoms. The number of ether oxygens (including phenoxy) is 1. The highest BCUT2D eigenvalue weighted by Gasteiger charge is 2.35. The number of Topliss-reactive ketones (excluding diaryl/α,β-unsaturated/α-hetero) is 1. The molecule has 3 rings (SSSR count). The van der Waals surface area contributed by atoms with Crippen molar-refractivity contribution < 1.29 is 30.0 Å². The van der Waals surface area contributed by atoms with Gasteiger partial charge in [-0.3, -0.25) is 4.79 Å². The highest BCUT2D eigenvalue weighted by Crippen LogP contribution is 2.47. The third-order valence-corrected chi connectivity index (χ3v) is 4.08. The first-order valence-corrected chi connectivity index (χ1v) is 7.82. The molecule has 6 heteroatoms. The van der Waals surface area contributed by atoms with Crippen molar-refractivity contribution in [1.29, 1.82) is 0 Å². The second kappa shape index (κ2) is 6.96. The van der Waals surface area contributed by atoms with Crippen LogP contribution in [-0.4, -0.2) is 32.8 Å². The summed E-state index contributed by atoms with van der Waals surface area (Å²) in [5, 5.41) is 39.4. The molecule has 130 valence electrons. The number of rotatable bonds is 4. The van der Waals surface area contributed by atoms with Crippen LogP contribution in [0.2, 0.25) is 0 Å². The zero-order valence-electron chi connectivity index (χ0n) is 13.3. The van der Waals surface area contributed by atoms with Crippen molar-refractivity contribution >= 4 is 5.78 Å². The first kappa shape index (κ1) is 17.0. The number of aliphatic hydroxyl groups excluding tert-OH is 2. The van der Waals surface area contributed by atoms with E-state index in [0.717, 1.165) is 11.6 Å². The zero-order valence-corrected chi connectivity index (χ0v) is 13.3. The molecule has 0 radical (unpaired) electrons. The van der Waals surface area contributed by atoms with Gasteiger partial charge in [-0.1, -0.05) is 42.5 Å². The van der Waals surface area contributed by atoms with Gasteiger partial charge in [-0.2, -0.15) is 0 Å². The molecule has 0 bridgehead atoms. The van der Waals surface area contributed by atoms with Gasteiger partial charge in [0.1, 0.15) is 35.0 Å². The lowest BCUT2D eigenvalue weighted by Crippen LogP contribution is -2.22. The molecule has 6 nitrogen and oxygen atoms in total. The number of phenols is 2. The van der Waals surface area contributed by atoms with Gasteiger partial charge in [0.2, 0.25) is 0 Å². The second-order valence-electron chi connectivity index (χ2n) is 5.73. The Labute approximate surface area is 144 Å². The Morgan fingerprint density at radius 3 is 2.60 bits per heavy atom. The van der Waals surface area contributed by atoms with Gasteiger partial charge in [0.25, 0.3) is 0 Å². The fourth-order valence-corrected chi connectivity index (χ4v) is 2.92. The number of hydrogen-bond acceptors (Lipinski definition) is 6. The highest BCUT2D eigenvalue weighted by atomic mass is 16.5. The Bertz CT molecular complexity index is 812. The SMILES string of the molecule is O=C1CC(c2ccccc2)Oc2c1c(O)cc(O)c2C(O)/C=C/CO. The number of aliphatic hydroxyl groups is 2. The first-order valence-electron chi connectivity index (χ1n) is 7.82. The van der Waals surface area contributed by atoms with E-state index >= 15 is 0 Å². The van der Waals surface area contributed by atoms with Crippen LogP contribution in [0.25, 0.3) is 0 Å². The normalized spacial score (nSPS) is 18.0. The summed E-state index contributed by atoms with van der Waals surface area (Å²) in [6.45, 7) is -0.287. The molecule has 0 aromatic heterocycles. The minimum absolute atomic E-state index is 0.0218. The molecule has 0 fully saturated rings. The Kier molecular flexibility index (Phi) is 4.74. The van der Waals surface area contributed by atoms with Crippen molar-refractivity contribution in [3.63, 3.8) is 0 Å². The monoisotopic (exact) mass is 342 g/mol. The molecule has 1 aliphatic heterocycles. The van der Waals surface area contributed by atoms with Gasteiger partial charge in [-0.15, -0.1) is 0 Å². The van der Waals surface area contributed by atoms with E-state index in [4.69, 9.17) is 9.84 Å². The van der Waals surface area contributed by atoms with E-state index in [1.165, 1.54) is 12.2 Å². The molecular weight excluding hydrogens is 324 g/mol. The van der Waals surface area contributed by atoms with Crippen molar-refractivity contribution in [3.8, 4) is 17.2 Å². The lowest BCUT2D eigenvalue weighted by molar-refractivity contribution is 0.0835. The van der Waals surface area contributed by atoms with Crippen LogP contribution in [-0.2, 0) is 0 Å². The van der Waals surface area contributed by atoms with Gasteiger partial charge < -0.3 is 25.2 Å². The standard InChI is InChI=1S/C19H18O6/c20-8-4-7-12(21)17-13(22)9-14(23)18-15(24)10-16(25-19(17)18)11-5-2-1-3-6-11/h1-7,9,12,16,20-23H,8,10H2/b7-4+. The van der Waals surface area contributed by atoms with E-state index in [9.17, 15) is 20.1 Å². The van der Waals surface area contributed by atoms with E-state index in [-0.39, 0.29) is 35.7 Å². The fourth-order valence-electron chi connectivity index (χ4n) is 2.92. The van der Waals surface area contributed by atoms with Crippen LogP contribution in [0.1, 0.15) is 40.1 Å². The number of hydrogen-bond donors (Lipinski definition) is 4. The van der Waals surface area contributed by atoms with Gasteiger partial charge in [-0.25, -0.2) is 0 Å². The van der Waals surface area contributed by atoms with Crippen molar-refractivity contribution in [2.24, 2.45) is 0 Å². The van der Waals surface area contributed by atoms with E-state index in [1.807, 2.05) is 30.3 Å². The van der Waals surface area contributed by atoms with Crippen LogP contribution < -0.4 is 4.74 Å². The maximum absolute atomic E-state index is 12.5. The molecule has 0 saturated heterocycles. The predicted octanol–water partition coefficient (Wildman–Crippen LogP) is 2.39. The minimum Gasteiger partial charge on any atom is -0.507 e. The number of phenolic OH excluding ortho intramolecular Hbond substituents is 2. The molecule has 4 N–H and O–H groups in total. The quantitative estimate of drug-likeness (QED) is 0.636. The number of fused-ring (bicyclic) bond motifs is 1. The minimum atomic E-state index is -1.30. The summed E-state index contributed by atoms with van der Waals surface area (Å²) in [6, 6.07) is 10.1. The number of ketones is 1. The van der Waals surface area contributed by atoms with Gasteiger partial charge in [0.05, 0.1) is 18.6 Å². The Morgan fingerprint density at radius 2 is 1.92 bits per heavy atom. The summed E-state index contributed by atoms with van der Waals surface area (Å²) in [5.41, 5.74) is 0.693. The number of carbonyl (C=O) groups is 1. The molecule has 2 aromatic rings. The Morgan fingerprint density at radius 1 is 1.20 bits per heavy atom. The molecule has 2 aromatic carbocycles. The number of aromatic hydroxyl groups is 2. The zero-order chi connectivity index (χ0) is 18.0. The van der Waals surface area contributed by atoms with E-state index in [1.54, 1.807) is 0 Å². The van der Waals surface area contributed by atoms with Crippen molar-refractivity contribution in [2.45, 2.75) is 18.6 Å². The van der Waals surface area contributed by atoms with Gasteiger partial charge in [0, 0.05) is 6.07 Å². The van der Waals surface area contributed by atoms with Crippen molar-refractivity contribution in [2.75, 3.05) is 6.61 Å². The summed E-state index contributed by atoms with van der Waals surface area (Å²) in [5.74, 6) is -1.18.